The van der Waals surface area contributed by atoms with Crippen LogP contribution in [0.4, 0.5) is 8.78 Å². The van der Waals surface area contributed by atoms with Gasteiger partial charge in [-0.3, -0.25) is 0 Å². The van der Waals surface area contributed by atoms with Crippen LogP contribution < -0.4 is 0 Å². The van der Waals surface area contributed by atoms with Gasteiger partial charge in [0.1, 0.15) is 11.6 Å². The number of aliphatic hydroxyl groups is 1. The molecule has 0 aliphatic rings. The van der Waals surface area contributed by atoms with Crippen LogP contribution in [0.3, 0.4) is 0 Å². The lowest BCUT2D eigenvalue weighted by Crippen LogP contribution is -2.23. The molecule has 1 N–H and O–H groups in total. The summed E-state index contributed by atoms with van der Waals surface area (Å²) in [4.78, 5) is 0. The minimum Gasteiger partial charge on any atom is -0.373 e. The molecule has 1 atom stereocenters. The maximum absolute atomic E-state index is 13.8. The first-order valence-electron chi connectivity index (χ1n) is 7.26. The summed E-state index contributed by atoms with van der Waals surface area (Å²) in [6, 6.07) is 10.2. The molecule has 0 bridgehead atoms. The average molecular weight is 300 g/mol. The Labute approximate surface area is 129 Å². The van der Waals surface area contributed by atoms with E-state index in [0.717, 1.165) is 18.9 Å². The molecule has 0 saturated heterocycles. The molecule has 0 fully saturated rings. The molecular weight excluding hydrogens is 282 g/mol. The van der Waals surface area contributed by atoms with E-state index in [2.05, 4.69) is 5.92 Å². The van der Waals surface area contributed by atoms with Crippen molar-refractivity contribution < 1.29 is 13.9 Å². The van der Waals surface area contributed by atoms with Crippen molar-refractivity contribution >= 4 is 0 Å². The lowest BCUT2D eigenvalue weighted by Gasteiger charge is -2.22. The minimum atomic E-state index is -1.31. The third-order valence-electron chi connectivity index (χ3n) is 3.74. The molecule has 0 saturated carbocycles. The number of unbranched alkanes of at least 4 members (excludes halogenated alkanes) is 1. The van der Waals surface area contributed by atoms with Gasteiger partial charge in [-0.1, -0.05) is 43.5 Å². The van der Waals surface area contributed by atoms with Gasteiger partial charge < -0.3 is 5.11 Å². The SMILES string of the molecule is C#CC(O)(CCCC)c1ccc(-c2ccc(F)cc2F)cc1. The normalized spacial score (nSPS) is 13.4. The van der Waals surface area contributed by atoms with E-state index in [1.165, 1.54) is 12.1 Å². The highest BCUT2D eigenvalue weighted by atomic mass is 19.1. The van der Waals surface area contributed by atoms with E-state index < -0.39 is 17.2 Å². The van der Waals surface area contributed by atoms with Crippen LogP contribution in [0.2, 0.25) is 0 Å². The summed E-state index contributed by atoms with van der Waals surface area (Å²) in [5.74, 6) is 1.21. The second-order valence-electron chi connectivity index (χ2n) is 5.31. The van der Waals surface area contributed by atoms with Crippen molar-refractivity contribution in [1.29, 1.82) is 0 Å². The second kappa shape index (κ2) is 6.72. The van der Waals surface area contributed by atoms with Crippen LogP contribution in [-0.2, 0) is 5.60 Å². The van der Waals surface area contributed by atoms with Crippen LogP contribution in [0.25, 0.3) is 11.1 Å². The monoisotopic (exact) mass is 300 g/mol. The number of benzene rings is 2. The van der Waals surface area contributed by atoms with Gasteiger partial charge in [0.2, 0.25) is 0 Å². The molecule has 0 aliphatic carbocycles. The van der Waals surface area contributed by atoms with Crippen LogP contribution in [0.15, 0.2) is 42.5 Å². The Kier molecular flexibility index (Phi) is 4.95. The van der Waals surface area contributed by atoms with E-state index in [9.17, 15) is 13.9 Å². The summed E-state index contributed by atoms with van der Waals surface area (Å²) in [6.07, 6.45) is 7.69. The molecule has 0 aliphatic heterocycles. The lowest BCUT2D eigenvalue weighted by molar-refractivity contribution is 0.0877. The van der Waals surface area contributed by atoms with Gasteiger partial charge in [0.05, 0.1) is 0 Å². The fraction of sp³-hybridized carbons (Fsp3) is 0.263. The summed E-state index contributed by atoms with van der Waals surface area (Å²) < 4.78 is 26.7. The topological polar surface area (TPSA) is 20.2 Å². The van der Waals surface area contributed by atoms with Gasteiger partial charge in [-0.05, 0) is 36.1 Å². The van der Waals surface area contributed by atoms with E-state index in [4.69, 9.17) is 6.42 Å². The molecule has 0 radical (unpaired) electrons. The number of terminal acetylenes is 1. The molecular formula is C19H18F2O. The van der Waals surface area contributed by atoms with Crippen molar-refractivity contribution in [3.05, 3.63) is 59.7 Å². The zero-order chi connectivity index (χ0) is 16.2. The Hall–Kier alpha value is -2.18. The molecule has 0 amide bonds. The van der Waals surface area contributed by atoms with Crippen LogP contribution in [0.5, 0.6) is 0 Å². The fourth-order valence-electron chi connectivity index (χ4n) is 2.38. The van der Waals surface area contributed by atoms with Crippen molar-refractivity contribution in [2.45, 2.75) is 31.8 Å². The predicted molar refractivity (Wildman–Crippen MR) is 84.0 cm³/mol. The van der Waals surface area contributed by atoms with E-state index in [-0.39, 0.29) is 0 Å². The maximum atomic E-state index is 13.8. The van der Waals surface area contributed by atoms with Gasteiger partial charge >= 0.3 is 0 Å². The van der Waals surface area contributed by atoms with Gasteiger partial charge in [-0.25, -0.2) is 8.78 Å². The Morgan fingerprint density at radius 1 is 1.14 bits per heavy atom. The van der Waals surface area contributed by atoms with E-state index >= 15 is 0 Å². The van der Waals surface area contributed by atoms with Crippen molar-refractivity contribution in [2.75, 3.05) is 0 Å². The minimum absolute atomic E-state index is 0.311. The molecule has 0 aromatic heterocycles. The van der Waals surface area contributed by atoms with Gasteiger partial charge in [-0.2, -0.15) is 0 Å². The third kappa shape index (κ3) is 3.35. The highest BCUT2D eigenvalue weighted by molar-refractivity contribution is 5.64. The first-order chi connectivity index (χ1) is 10.5. The van der Waals surface area contributed by atoms with Gasteiger partial charge in [0.25, 0.3) is 0 Å². The highest BCUT2D eigenvalue weighted by Crippen LogP contribution is 2.30. The van der Waals surface area contributed by atoms with E-state index in [1.54, 1.807) is 24.3 Å². The Morgan fingerprint density at radius 3 is 2.36 bits per heavy atom. The molecule has 2 aromatic carbocycles. The first-order valence-corrected chi connectivity index (χ1v) is 7.26. The van der Waals surface area contributed by atoms with E-state index in [0.29, 0.717) is 23.1 Å². The largest absolute Gasteiger partial charge is 0.373 e. The Balaban J connectivity index is 2.32. The molecule has 0 spiro atoms. The number of rotatable bonds is 5. The standard InChI is InChI=1S/C19H18F2O/c1-3-5-12-19(22,4-2)15-8-6-14(7-9-15)17-11-10-16(20)13-18(17)21/h2,6-11,13,22H,3,5,12H2,1H3. The number of hydrogen-bond donors (Lipinski definition) is 1. The zero-order valence-corrected chi connectivity index (χ0v) is 12.4. The molecule has 1 unspecified atom stereocenters. The predicted octanol–water partition coefficient (Wildman–Crippen LogP) is 4.64. The van der Waals surface area contributed by atoms with Crippen molar-refractivity contribution in [2.24, 2.45) is 0 Å². The molecule has 0 heterocycles. The second-order valence-corrected chi connectivity index (χ2v) is 5.31. The quantitative estimate of drug-likeness (QED) is 0.797. The molecule has 114 valence electrons. The van der Waals surface area contributed by atoms with Gasteiger partial charge in [0.15, 0.2) is 5.60 Å². The zero-order valence-electron chi connectivity index (χ0n) is 12.4. The fourth-order valence-corrected chi connectivity index (χ4v) is 2.38. The van der Waals surface area contributed by atoms with Crippen molar-refractivity contribution in [3.8, 4) is 23.5 Å². The van der Waals surface area contributed by atoms with Crippen LogP contribution >= 0.6 is 0 Å². The number of halogens is 2. The summed E-state index contributed by atoms with van der Waals surface area (Å²) in [7, 11) is 0. The van der Waals surface area contributed by atoms with Gasteiger partial charge in [-0.15, -0.1) is 6.42 Å². The molecule has 1 nitrogen and oxygen atoms in total. The van der Waals surface area contributed by atoms with Crippen molar-refractivity contribution in [3.63, 3.8) is 0 Å². The van der Waals surface area contributed by atoms with Crippen LogP contribution in [0, 0.1) is 24.0 Å². The molecule has 22 heavy (non-hydrogen) atoms. The first kappa shape index (κ1) is 16.2. The Bertz CT molecular complexity index is 686. The molecule has 3 heteroatoms. The summed E-state index contributed by atoms with van der Waals surface area (Å²) in [5, 5.41) is 10.5. The van der Waals surface area contributed by atoms with Crippen LogP contribution in [0.1, 0.15) is 31.7 Å². The van der Waals surface area contributed by atoms with Crippen LogP contribution in [-0.4, -0.2) is 5.11 Å². The third-order valence-corrected chi connectivity index (χ3v) is 3.74. The average Bonchev–Trinajstić information content (AvgIpc) is 2.53. The summed E-state index contributed by atoms with van der Waals surface area (Å²) >= 11 is 0. The summed E-state index contributed by atoms with van der Waals surface area (Å²) in [5.41, 5.74) is 0.215. The highest BCUT2D eigenvalue weighted by Gasteiger charge is 2.25. The summed E-state index contributed by atoms with van der Waals surface area (Å²) in [6.45, 7) is 2.03. The van der Waals surface area contributed by atoms with Crippen molar-refractivity contribution in [1.82, 2.24) is 0 Å². The van der Waals surface area contributed by atoms with Gasteiger partial charge in [0, 0.05) is 11.6 Å². The smallest absolute Gasteiger partial charge is 0.150 e. The molecule has 2 aromatic rings. The Morgan fingerprint density at radius 2 is 1.82 bits per heavy atom. The van der Waals surface area contributed by atoms with E-state index in [1.807, 2.05) is 6.92 Å². The number of hydrogen-bond acceptors (Lipinski definition) is 1. The molecule has 2 rings (SSSR count). The maximum Gasteiger partial charge on any atom is 0.150 e. The lowest BCUT2D eigenvalue weighted by atomic mass is 9.88.